The highest BCUT2D eigenvalue weighted by Gasteiger charge is 2.38. The molecule has 1 aromatic carbocycles. The molecule has 3 aliphatic heterocycles. The van der Waals surface area contributed by atoms with Gasteiger partial charge in [0.05, 0.1) is 66.3 Å². The molecule has 5 rings (SSSR count). The van der Waals surface area contributed by atoms with E-state index in [0.29, 0.717) is 0 Å². The van der Waals surface area contributed by atoms with Gasteiger partial charge in [-0.1, -0.05) is 5.11 Å². The number of methoxy groups -OCH3 is 1. The molecule has 0 amide bonds. The number of aromatic nitrogens is 2. The van der Waals surface area contributed by atoms with Crippen LogP contribution in [0.3, 0.4) is 0 Å². The number of likely N-dealkylation sites (N-methyl/N-ethyl adjacent to an activating group) is 1. The van der Waals surface area contributed by atoms with Gasteiger partial charge in [0.15, 0.2) is 0 Å². The van der Waals surface area contributed by atoms with Crippen LogP contribution in [-0.2, 0) is 14.1 Å². The molecule has 4 heterocycles. The third-order valence-electron chi connectivity index (χ3n) is 6.82. The van der Waals surface area contributed by atoms with Gasteiger partial charge < -0.3 is 14.1 Å². The summed E-state index contributed by atoms with van der Waals surface area (Å²) in [6.45, 7) is 13.2. The van der Waals surface area contributed by atoms with Gasteiger partial charge in [-0.05, 0) is 19.1 Å². The average Bonchev–Trinajstić information content (AvgIpc) is 3.11. The summed E-state index contributed by atoms with van der Waals surface area (Å²) < 4.78 is 10.8. The Bertz CT molecular complexity index is 866. The third-order valence-corrected chi connectivity index (χ3v) is 6.82. The minimum Gasteiger partial charge on any atom is -0.494 e. The molecule has 0 N–H and O–H groups in total. The molecule has 0 saturated carbocycles. The first-order valence-corrected chi connectivity index (χ1v) is 11.0. The van der Waals surface area contributed by atoms with Crippen molar-refractivity contribution >= 4 is 17.3 Å². The van der Waals surface area contributed by atoms with Crippen LogP contribution in [0.1, 0.15) is 6.92 Å². The van der Waals surface area contributed by atoms with Gasteiger partial charge >= 0.3 is 5.95 Å². The number of hydrogen-bond donors (Lipinski definition) is 0. The number of hydrogen-bond acceptors (Lipinski definition) is 5. The molecule has 2 bridgehead atoms. The molecule has 0 aliphatic carbocycles. The van der Waals surface area contributed by atoms with Gasteiger partial charge in [-0.25, -0.2) is 9.13 Å². The zero-order chi connectivity index (χ0) is 21.1. The molecule has 1 aromatic heterocycles. The van der Waals surface area contributed by atoms with Crippen LogP contribution in [0.4, 0.5) is 17.3 Å². The summed E-state index contributed by atoms with van der Waals surface area (Å²) in [6, 6.07) is 6.24. The standard InChI is InChI=1S/C22H35N7O/c1-5-28(13-17-29-14-10-27(11-15-29)12-16-29)19-6-7-20(21(18-19)30-4)23-24-22-25(2)8-9-26(22)3/h6-9,18H,5,10-17H2,1-4H3/q+2. The predicted octanol–water partition coefficient (Wildman–Crippen LogP) is 2.25. The highest BCUT2D eigenvalue weighted by atomic mass is 16.5. The summed E-state index contributed by atoms with van der Waals surface area (Å²) in [5.74, 6) is 1.54. The van der Waals surface area contributed by atoms with Gasteiger partial charge in [0, 0.05) is 43.0 Å². The summed E-state index contributed by atoms with van der Waals surface area (Å²) >= 11 is 0. The van der Waals surface area contributed by atoms with E-state index in [1.165, 1.54) is 56.0 Å². The third kappa shape index (κ3) is 4.20. The maximum absolute atomic E-state index is 5.65. The highest BCUT2D eigenvalue weighted by Crippen LogP contribution is 2.33. The quantitative estimate of drug-likeness (QED) is 0.379. The van der Waals surface area contributed by atoms with Crippen molar-refractivity contribution in [2.75, 3.05) is 70.9 Å². The van der Waals surface area contributed by atoms with Gasteiger partial charge in [0.2, 0.25) is 0 Å². The van der Waals surface area contributed by atoms with Gasteiger partial charge in [0.1, 0.15) is 11.4 Å². The highest BCUT2D eigenvalue weighted by molar-refractivity contribution is 5.61. The normalized spacial score (nSPS) is 23.3. The minimum absolute atomic E-state index is 0.743. The summed E-state index contributed by atoms with van der Waals surface area (Å²) in [4.78, 5) is 5.06. The molecule has 30 heavy (non-hydrogen) atoms. The number of aryl methyl sites for hydroxylation is 2. The molecule has 2 aromatic rings. The van der Waals surface area contributed by atoms with E-state index in [9.17, 15) is 0 Å². The minimum atomic E-state index is 0.743. The van der Waals surface area contributed by atoms with Gasteiger partial charge in [-0.3, -0.25) is 4.90 Å². The van der Waals surface area contributed by atoms with Crippen LogP contribution in [0, 0.1) is 0 Å². The molecule has 3 aliphatic rings. The van der Waals surface area contributed by atoms with E-state index in [2.05, 4.69) is 39.1 Å². The van der Waals surface area contributed by atoms with Crippen LogP contribution >= 0.6 is 0 Å². The van der Waals surface area contributed by atoms with Crippen molar-refractivity contribution in [3.63, 3.8) is 0 Å². The van der Waals surface area contributed by atoms with E-state index in [1.807, 2.05) is 41.7 Å². The van der Waals surface area contributed by atoms with E-state index < -0.39 is 0 Å². The molecule has 0 radical (unpaired) electrons. The Morgan fingerprint density at radius 2 is 1.90 bits per heavy atom. The first-order chi connectivity index (χ1) is 14.5. The zero-order valence-corrected chi connectivity index (χ0v) is 18.8. The Morgan fingerprint density at radius 3 is 2.50 bits per heavy atom. The first kappa shape index (κ1) is 20.8. The molecule has 162 valence electrons. The number of azo groups is 1. The molecule has 3 saturated heterocycles. The molecule has 0 spiro atoms. The van der Waals surface area contributed by atoms with Crippen molar-refractivity contribution in [3.8, 4) is 5.75 Å². The van der Waals surface area contributed by atoms with Gasteiger partial charge in [-0.2, -0.15) is 0 Å². The Balaban J connectivity index is 1.47. The lowest BCUT2D eigenvalue weighted by Crippen LogP contribution is -2.68. The van der Waals surface area contributed by atoms with E-state index >= 15 is 0 Å². The number of fused-ring (bicyclic) bond motifs is 3. The topological polar surface area (TPSA) is 49.2 Å². The second kappa shape index (κ2) is 8.73. The summed E-state index contributed by atoms with van der Waals surface area (Å²) in [5, 5.41) is 8.86. The van der Waals surface area contributed by atoms with Crippen LogP contribution < -0.4 is 14.2 Å². The lowest BCUT2D eigenvalue weighted by atomic mass is 10.1. The Hall–Kier alpha value is -2.45. The lowest BCUT2D eigenvalue weighted by molar-refractivity contribution is -0.939. The Labute approximate surface area is 179 Å². The average molecular weight is 414 g/mol. The molecule has 8 nitrogen and oxygen atoms in total. The van der Waals surface area contributed by atoms with E-state index in [-0.39, 0.29) is 0 Å². The fourth-order valence-electron chi connectivity index (χ4n) is 4.64. The summed E-state index contributed by atoms with van der Waals surface area (Å²) in [5.41, 5.74) is 1.93. The van der Waals surface area contributed by atoms with Crippen molar-refractivity contribution in [1.29, 1.82) is 0 Å². The van der Waals surface area contributed by atoms with Crippen LogP contribution in [0.5, 0.6) is 5.75 Å². The fraction of sp³-hybridized carbons (Fsp3) is 0.591. The van der Waals surface area contributed by atoms with Crippen LogP contribution in [0.2, 0.25) is 0 Å². The number of imidazole rings is 1. The monoisotopic (exact) mass is 413 g/mol. The number of quaternary nitrogens is 1. The van der Waals surface area contributed by atoms with Crippen molar-refractivity contribution in [1.82, 2.24) is 9.47 Å². The SMILES string of the molecule is CCN(CC[N+]12CCN(CC1)CC2)c1ccc(/N=N/c2n(C)cc[n+]2C)c(OC)c1. The first-order valence-electron chi connectivity index (χ1n) is 11.0. The van der Waals surface area contributed by atoms with Crippen molar-refractivity contribution in [2.24, 2.45) is 24.3 Å². The van der Waals surface area contributed by atoms with Crippen LogP contribution in [-0.4, -0.2) is 80.0 Å². The molecular weight excluding hydrogens is 378 g/mol. The predicted molar refractivity (Wildman–Crippen MR) is 118 cm³/mol. The number of nitrogens with zero attached hydrogens (tertiary/aromatic N) is 7. The van der Waals surface area contributed by atoms with Crippen molar-refractivity contribution in [2.45, 2.75) is 6.92 Å². The Kier molecular flexibility index (Phi) is 6.06. The molecule has 0 atom stereocenters. The number of rotatable bonds is 8. The van der Waals surface area contributed by atoms with Crippen molar-refractivity contribution in [3.05, 3.63) is 30.6 Å². The number of benzene rings is 1. The van der Waals surface area contributed by atoms with Crippen LogP contribution in [0.25, 0.3) is 0 Å². The largest absolute Gasteiger partial charge is 0.494 e. The van der Waals surface area contributed by atoms with Crippen molar-refractivity contribution < 1.29 is 13.8 Å². The second-order valence-electron chi connectivity index (χ2n) is 8.53. The zero-order valence-electron chi connectivity index (χ0n) is 18.8. The lowest BCUT2D eigenvalue weighted by Gasteiger charge is -2.51. The number of ether oxygens (including phenoxy) is 1. The number of anilines is 1. The van der Waals surface area contributed by atoms with E-state index in [0.717, 1.165) is 30.5 Å². The fourth-order valence-corrected chi connectivity index (χ4v) is 4.64. The van der Waals surface area contributed by atoms with Gasteiger partial charge in [-0.15, -0.1) is 0 Å². The molecular formula is C22H35N7O+2. The Morgan fingerprint density at radius 1 is 1.17 bits per heavy atom. The van der Waals surface area contributed by atoms with E-state index in [1.54, 1.807) is 7.11 Å². The van der Waals surface area contributed by atoms with E-state index in [4.69, 9.17) is 4.74 Å². The maximum Gasteiger partial charge on any atom is 0.421 e. The summed E-state index contributed by atoms with van der Waals surface area (Å²) in [6.07, 6.45) is 3.92. The van der Waals surface area contributed by atoms with Gasteiger partial charge in [0.25, 0.3) is 0 Å². The molecule has 8 heteroatoms. The summed E-state index contributed by atoms with van der Waals surface area (Å²) in [7, 11) is 5.62. The molecule has 0 unspecified atom stereocenters. The maximum atomic E-state index is 5.65. The smallest absolute Gasteiger partial charge is 0.421 e. The number of piperazine rings is 3. The molecule has 3 fully saturated rings. The van der Waals surface area contributed by atoms with Crippen LogP contribution in [0.15, 0.2) is 40.8 Å². The second-order valence-corrected chi connectivity index (χ2v) is 8.53.